The van der Waals surface area contributed by atoms with Crippen molar-refractivity contribution in [3.63, 3.8) is 0 Å². The molecule has 2 atom stereocenters. The SMILES string of the molecule is COC1C=C(NS(=O)(=O)c2ccc(I)cc2)C=CC1n1cnc(C)c1. The summed E-state index contributed by atoms with van der Waals surface area (Å²) in [4.78, 5) is 4.45. The van der Waals surface area contributed by atoms with Crippen LogP contribution >= 0.6 is 22.6 Å². The molecule has 0 bridgehead atoms. The van der Waals surface area contributed by atoms with Gasteiger partial charge in [-0.3, -0.25) is 4.72 Å². The molecule has 2 unspecified atom stereocenters. The quantitative estimate of drug-likeness (QED) is 0.681. The average molecular weight is 471 g/mol. The normalized spacial score (nSPS) is 20.4. The number of nitrogens with one attached hydrogen (secondary N) is 1. The number of allylic oxidation sites excluding steroid dienone is 1. The minimum atomic E-state index is -3.63. The molecule has 132 valence electrons. The van der Waals surface area contributed by atoms with E-state index in [0.717, 1.165) is 9.26 Å². The zero-order valence-corrected chi connectivity index (χ0v) is 16.7. The number of imidazole rings is 1. The number of halogens is 1. The van der Waals surface area contributed by atoms with E-state index in [0.29, 0.717) is 5.70 Å². The number of rotatable bonds is 5. The molecule has 0 spiro atoms. The Morgan fingerprint density at radius 3 is 2.60 bits per heavy atom. The van der Waals surface area contributed by atoms with E-state index in [1.807, 2.05) is 23.8 Å². The minimum absolute atomic E-state index is 0.0715. The van der Waals surface area contributed by atoms with Crippen LogP contribution in [0.3, 0.4) is 0 Å². The summed E-state index contributed by atoms with van der Waals surface area (Å²) >= 11 is 2.14. The first-order valence-electron chi connectivity index (χ1n) is 7.60. The van der Waals surface area contributed by atoms with Gasteiger partial charge < -0.3 is 9.30 Å². The molecule has 1 N–H and O–H groups in total. The molecule has 1 aliphatic carbocycles. The molecule has 8 heteroatoms. The fourth-order valence-corrected chi connectivity index (χ4v) is 4.04. The van der Waals surface area contributed by atoms with Crippen molar-refractivity contribution in [1.29, 1.82) is 0 Å². The van der Waals surface area contributed by atoms with E-state index < -0.39 is 10.0 Å². The topological polar surface area (TPSA) is 73.2 Å². The second-order valence-electron chi connectivity index (χ2n) is 5.69. The van der Waals surface area contributed by atoms with Crippen molar-refractivity contribution in [2.24, 2.45) is 0 Å². The van der Waals surface area contributed by atoms with Crippen molar-refractivity contribution in [1.82, 2.24) is 14.3 Å². The van der Waals surface area contributed by atoms with Gasteiger partial charge in [0.15, 0.2) is 0 Å². The second kappa shape index (κ2) is 7.30. The third-order valence-corrected chi connectivity index (χ3v) is 5.99. The molecule has 2 aromatic rings. The van der Waals surface area contributed by atoms with Crippen molar-refractivity contribution >= 4 is 32.6 Å². The number of nitrogens with zero attached hydrogens (tertiary/aromatic N) is 2. The van der Waals surface area contributed by atoms with Crippen molar-refractivity contribution in [3.8, 4) is 0 Å². The van der Waals surface area contributed by atoms with E-state index in [1.165, 1.54) is 0 Å². The Bertz CT molecular complexity index is 917. The maximum absolute atomic E-state index is 12.5. The number of aromatic nitrogens is 2. The Hall–Kier alpha value is -1.65. The Morgan fingerprint density at radius 2 is 2.00 bits per heavy atom. The van der Waals surface area contributed by atoms with Gasteiger partial charge in [-0.1, -0.05) is 6.08 Å². The number of benzene rings is 1. The molecule has 0 saturated heterocycles. The van der Waals surface area contributed by atoms with Crippen LogP contribution in [0.25, 0.3) is 0 Å². The van der Waals surface area contributed by atoms with Crippen LogP contribution in [0.4, 0.5) is 0 Å². The highest BCUT2D eigenvalue weighted by Gasteiger charge is 2.24. The average Bonchev–Trinajstić information content (AvgIpc) is 3.01. The van der Waals surface area contributed by atoms with Crippen LogP contribution in [0.1, 0.15) is 11.7 Å². The van der Waals surface area contributed by atoms with E-state index in [1.54, 1.807) is 49.9 Å². The molecule has 0 fully saturated rings. The van der Waals surface area contributed by atoms with Crippen LogP contribution in [-0.4, -0.2) is 31.2 Å². The number of hydrogen-bond acceptors (Lipinski definition) is 4. The molecule has 0 radical (unpaired) electrons. The van der Waals surface area contributed by atoms with E-state index in [2.05, 4.69) is 32.3 Å². The largest absolute Gasteiger partial charge is 0.375 e. The highest BCUT2D eigenvalue weighted by molar-refractivity contribution is 14.1. The van der Waals surface area contributed by atoms with Crippen LogP contribution in [0.5, 0.6) is 0 Å². The number of methoxy groups -OCH3 is 1. The molecule has 1 aromatic carbocycles. The summed E-state index contributed by atoms with van der Waals surface area (Å²) in [5.74, 6) is 0. The highest BCUT2D eigenvalue weighted by atomic mass is 127. The van der Waals surface area contributed by atoms with Crippen LogP contribution in [0.15, 0.2) is 65.6 Å². The van der Waals surface area contributed by atoms with E-state index in [9.17, 15) is 8.42 Å². The third-order valence-electron chi connectivity index (χ3n) is 3.88. The lowest BCUT2D eigenvalue weighted by Gasteiger charge is -2.26. The van der Waals surface area contributed by atoms with Gasteiger partial charge in [-0.05, 0) is 65.9 Å². The van der Waals surface area contributed by atoms with Gasteiger partial charge in [0.2, 0.25) is 0 Å². The maximum atomic E-state index is 12.5. The lowest BCUT2D eigenvalue weighted by Crippen LogP contribution is -2.29. The lowest BCUT2D eigenvalue weighted by molar-refractivity contribution is 0.108. The van der Waals surface area contributed by atoms with Gasteiger partial charge in [-0.2, -0.15) is 0 Å². The summed E-state index contributed by atoms with van der Waals surface area (Å²) in [6, 6.07) is 6.62. The third kappa shape index (κ3) is 4.13. The first kappa shape index (κ1) is 18.2. The molecule has 1 aromatic heterocycles. The van der Waals surface area contributed by atoms with Gasteiger partial charge in [0.1, 0.15) is 6.10 Å². The van der Waals surface area contributed by atoms with Gasteiger partial charge in [-0.15, -0.1) is 0 Å². The second-order valence-corrected chi connectivity index (χ2v) is 8.62. The number of hydrogen-bond donors (Lipinski definition) is 1. The van der Waals surface area contributed by atoms with E-state index >= 15 is 0 Å². The predicted octanol–water partition coefficient (Wildman–Crippen LogP) is 2.78. The zero-order valence-electron chi connectivity index (χ0n) is 13.8. The highest BCUT2D eigenvalue weighted by Crippen LogP contribution is 2.24. The summed E-state index contributed by atoms with van der Waals surface area (Å²) in [5, 5.41) is 0. The first-order chi connectivity index (χ1) is 11.9. The predicted molar refractivity (Wildman–Crippen MR) is 104 cm³/mol. The lowest BCUT2D eigenvalue weighted by atomic mass is 10.0. The number of ether oxygens (including phenoxy) is 1. The Labute approximate surface area is 160 Å². The molecule has 1 aliphatic rings. The molecular formula is C17H18IN3O3S. The van der Waals surface area contributed by atoms with Crippen molar-refractivity contribution in [2.75, 3.05) is 7.11 Å². The molecule has 0 aliphatic heterocycles. The maximum Gasteiger partial charge on any atom is 0.261 e. The molecule has 0 saturated carbocycles. The van der Waals surface area contributed by atoms with Crippen molar-refractivity contribution < 1.29 is 13.2 Å². The Kier molecular flexibility index (Phi) is 5.30. The van der Waals surface area contributed by atoms with Gasteiger partial charge >= 0.3 is 0 Å². The zero-order chi connectivity index (χ0) is 18.0. The summed E-state index contributed by atoms with van der Waals surface area (Å²) in [6.45, 7) is 1.92. The van der Waals surface area contributed by atoms with E-state index in [4.69, 9.17) is 4.74 Å². The summed E-state index contributed by atoms with van der Waals surface area (Å²) < 4.78 is 36.1. The monoisotopic (exact) mass is 471 g/mol. The summed E-state index contributed by atoms with van der Waals surface area (Å²) in [6.07, 6.45) is 8.79. The van der Waals surface area contributed by atoms with Crippen LogP contribution in [-0.2, 0) is 14.8 Å². The number of aryl methyl sites for hydroxylation is 1. The fraction of sp³-hybridized carbons (Fsp3) is 0.235. The summed E-state index contributed by atoms with van der Waals surface area (Å²) in [7, 11) is -2.03. The summed E-state index contributed by atoms with van der Waals surface area (Å²) in [5.41, 5.74) is 1.40. The van der Waals surface area contributed by atoms with Crippen molar-refractivity contribution in [2.45, 2.75) is 24.0 Å². The molecule has 25 heavy (non-hydrogen) atoms. The molecule has 3 rings (SSSR count). The first-order valence-corrected chi connectivity index (χ1v) is 10.2. The van der Waals surface area contributed by atoms with Gasteiger partial charge in [0.05, 0.1) is 23.0 Å². The smallest absolute Gasteiger partial charge is 0.261 e. The standard InChI is InChI=1S/C17H18IN3O3S/c1-12-10-21(11-19-12)16-8-5-14(9-17(16)24-2)20-25(22,23)15-6-3-13(18)4-7-15/h3-11,16-17,20H,1-2H3. The minimum Gasteiger partial charge on any atom is -0.375 e. The number of sulfonamides is 1. The molecule has 6 nitrogen and oxygen atoms in total. The van der Waals surface area contributed by atoms with Crippen LogP contribution < -0.4 is 4.72 Å². The van der Waals surface area contributed by atoms with Crippen LogP contribution in [0.2, 0.25) is 0 Å². The Balaban J connectivity index is 1.81. The fourth-order valence-electron chi connectivity index (χ4n) is 2.62. The van der Waals surface area contributed by atoms with Crippen molar-refractivity contribution in [3.05, 3.63) is 70.0 Å². The van der Waals surface area contributed by atoms with E-state index in [-0.39, 0.29) is 17.0 Å². The van der Waals surface area contributed by atoms with Gasteiger partial charge in [-0.25, -0.2) is 13.4 Å². The van der Waals surface area contributed by atoms with Gasteiger partial charge in [0, 0.05) is 22.6 Å². The van der Waals surface area contributed by atoms with Gasteiger partial charge in [0.25, 0.3) is 10.0 Å². The molecule has 1 heterocycles. The molecular weight excluding hydrogens is 453 g/mol. The Morgan fingerprint density at radius 1 is 1.28 bits per heavy atom. The van der Waals surface area contributed by atoms with Crippen LogP contribution in [0, 0.1) is 10.5 Å². The molecule has 0 amide bonds.